The van der Waals surface area contributed by atoms with Crippen LogP contribution in [-0.2, 0) is 6.42 Å². The molecule has 0 aromatic heterocycles. The lowest BCUT2D eigenvalue weighted by molar-refractivity contribution is 0.199. The Labute approximate surface area is 119 Å². The van der Waals surface area contributed by atoms with Gasteiger partial charge in [-0.3, -0.25) is 0 Å². The van der Waals surface area contributed by atoms with Crippen LogP contribution >= 0.6 is 0 Å². The number of hydrogen-bond acceptors (Lipinski definition) is 2. The molecule has 1 N–H and O–H groups in total. The molecule has 0 aliphatic heterocycles. The predicted octanol–water partition coefficient (Wildman–Crippen LogP) is 3.56. The van der Waals surface area contributed by atoms with Gasteiger partial charge in [-0.05, 0) is 37.1 Å². The smallest absolute Gasteiger partial charge is 0.123 e. The first-order valence-electron chi connectivity index (χ1n) is 6.80. The molecule has 0 spiro atoms. The minimum Gasteiger partial charge on any atom is -0.389 e. The maximum atomic E-state index is 13.3. The van der Waals surface area contributed by atoms with Gasteiger partial charge in [0.15, 0.2) is 0 Å². The molecule has 106 valence electrons. The van der Waals surface area contributed by atoms with Crippen molar-refractivity contribution in [2.45, 2.75) is 19.4 Å². The van der Waals surface area contributed by atoms with E-state index in [1.54, 1.807) is 13.0 Å². The zero-order valence-electron chi connectivity index (χ0n) is 11.9. The van der Waals surface area contributed by atoms with Crippen molar-refractivity contribution in [3.05, 3.63) is 65.5 Å². The first-order valence-corrected chi connectivity index (χ1v) is 6.80. The summed E-state index contributed by atoms with van der Waals surface area (Å²) in [5, 5.41) is 9.77. The minimum absolute atomic E-state index is 0.318. The average Bonchev–Trinajstić information content (AvgIpc) is 2.45. The number of aliphatic hydroxyl groups excluding tert-OH is 1. The van der Waals surface area contributed by atoms with Crippen molar-refractivity contribution >= 4 is 5.69 Å². The fourth-order valence-corrected chi connectivity index (χ4v) is 2.27. The topological polar surface area (TPSA) is 23.5 Å². The van der Waals surface area contributed by atoms with Crippen molar-refractivity contribution < 1.29 is 9.50 Å². The summed E-state index contributed by atoms with van der Waals surface area (Å²) >= 11 is 0. The lowest BCUT2D eigenvalue weighted by Gasteiger charge is -2.23. The molecule has 2 rings (SSSR count). The number of aliphatic hydroxyl groups is 1. The van der Waals surface area contributed by atoms with E-state index in [1.165, 1.54) is 17.7 Å². The summed E-state index contributed by atoms with van der Waals surface area (Å²) in [4.78, 5) is 2.05. The molecule has 0 fully saturated rings. The fraction of sp³-hybridized carbons (Fsp3) is 0.294. The zero-order chi connectivity index (χ0) is 14.5. The molecule has 0 aliphatic carbocycles. The molecule has 0 aliphatic rings. The average molecular weight is 273 g/mol. The molecule has 20 heavy (non-hydrogen) atoms. The molecule has 0 amide bonds. The van der Waals surface area contributed by atoms with Gasteiger partial charge in [0.2, 0.25) is 0 Å². The lowest BCUT2D eigenvalue weighted by Crippen LogP contribution is -2.22. The van der Waals surface area contributed by atoms with Gasteiger partial charge in [-0.2, -0.15) is 0 Å². The van der Waals surface area contributed by atoms with Crippen LogP contribution in [-0.4, -0.2) is 18.7 Å². The Bertz CT molecular complexity index is 554. The van der Waals surface area contributed by atoms with E-state index in [1.807, 2.05) is 25.2 Å². The highest BCUT2D eigenvalue weighted by Crippen LogP contribution is 2.26. The third-order valence-electron chi connectivity index (χ3n) is 3.43. The second-order valence-electron chi connectivity index (χ2n) is 5.04. The third kappa shape index (κ3) is 3.58. The second kappa shape index (κ2) is 6.53. The molecule has 2 aromatic rings. The SMILES string of the molecule is C[C@H](O)c1cc(F)ccc1N(C)CCc1ccccc1. The van der Waals surface area contributed by atoms with E-state index in [-0.39, 0.29) is 5.82 Å². The molecule has 2 aromatic carbocycles. The zero-order valence-corrected chi connectivity index (χ0v) is 11.9. The fourth-order valence-electron chi connectivity index (χ4n) is 2.27. The first-order chi connectivity index (χ1) is 9.58. The van der Waals surface area contributed by atoms with Crippen LogP contribution in [0.4, 0.5) is 10.1 Å². The van der Waals surface area contributed by atoms with Gasteiger partial charge in [0.05, 0.1) is 6.10 Å². The van der Waals surface area contributed by atoms with Gasteiger partial charge in [-0.25, -0.2) is 4.39 Å². The second-order valence-corrected chi connectivity index (χ2v) is 5.04. The molecule has 0 heterocycles. The van der Waals surface area contributed by atoms with Crippen molar-refractivity contribution in [1.82, 2.24) is 0 Å². The summed E-state index contributed by atoms with van der Waals surface area (Å²) in [7, 11) is 1.96. The quantitative estimate of drug-likeness (QED) is 0.900. The highest BCUT2D eigenvalue weighted by atomic mass is 19.1. The third-order valence-corrected chi connectivity index (χ3v) is 3.43. The van der Waals surface area contributed by atoms with Gasteiger partial charge >= 0.3 is 0 Å². The Morgan fingerprint density at radius 2 is 1.85 bits per heavy atom. The van der Waals surface area contributed by atoms with E-state index in [2.05, 4.69) is 17.0 Å². The molecule has 3 heteroatoms. The van der Waals surface area contributed by atoms with Crippen LogP contribution in [0, 0.1) is 5.82 Å². The molecule has 2 nitrogen and oxygen atoms in total. The summed E-state index contributed by atoms with van der Waals surface area (Å²) < 4.78 is 13.3. The monoisotopic (exact) mass is 273 g/mol. The number of hydrogen-bond donors (Lipinski definition) is 1. The molecular weight excluding hydrogens is 253 g/mol. The van der Waals surface area contributed by atoms with Gasteiger partial charge in [-0.15, -0.1) is 0 Å². The van der Waals surface area contributed by atoms with E-state index in [0.29, 0.717) is 5.56 Å². The summed E-state index contributed by atoms with van der Waals surface area (Å²) in [5.74, 6) is -0.318. The molecule has 0 unspecified atom stereocenters. The van der Waals surface area contributed by atoms with Crippen molar-refractivity contribution in [2.75, 3.05) is 18.5 Å². The Morgan fingerprint density at radius 3 is 2.50 bits per heavy atom. The minimum atomic E-state index is -0.681. The molecule has 0 radical (unpaired) electrons. The highest BCUT2D eigenvalue weighted by Gasteiger charge is 2.12. The lowest BCUT2D eigenvalue weighted by atomic mass is 10.1. The number of anilines is 1. The first kappa shape index (κ1) is 14.5. The maximum absolute atomic E-state index is 13.3. The number of likely N-dealkylation sites (N-methyl/N-ethyl adjacent to an activating group) is 1. The van der Waals surface area contributed by atoms with Gasteiger partial charge in [0.25, 0.3) is 0 Å². The maximum Gasteiger partial charge on any atom is 0.123 e. The Kier molecular flexibility index (Phi) is 4.74. The number of nitrogens with zero attached hydrogens (tertiary/aromatic N) is 1. The van der Waals surface area contributed by atoms with Gasteiger partial charge in [-0.1, -0.05) is 30.3 Å². The van der Waals surface area contributed by atoms with Crippen LogP contribution in [0.25, 0.3) is 0 Å². The van der Waals surface area contributed by atoms with Crippen LogP contribution in [0.5, 0.6) is 0 Å². The number of halogens is 1. The highest BCUT2D eigenvalue weighted by molar-refractivity contribution is 5.54. The van der Waals surface area contributed by atoms with Gasteiger partial charge < -0.3 is 10.0 Å². The normalized spacial score (nSPS) is 12.2. The van der Waals surface area contributed by atoms with Crippen molar-refractivity contribution in [2.24, 2.45) is 0 Å². The summed E-state index contributed by atoms with van der Waals surface area (Å²) in [5.41, 5.74) is 2.76. The van der Waals surface area contributed by atoms with Gasteiger partial charge in [0.1, 0.15) is 5.82 Å². The molecule has 0 bridgehead atoms. The van der Waals surface area contributed by atoms with Crippen LogP contribution < -0.4 is 4.90 Å². The van der Waals surface area contributed by atoms with Gasteiger partial charge in [0, 0.05) is 24.8 Å². The van der Waals surface area contributed by atoms with E-state index in [9.17, 15) is 9.50 Å². The number of benzene rings is 2. The molecular formula is C17H20FNO. The standard InChI is InChI=1S/C17H20FNO/c1-13(20)16-12-15(18)8-9-17(16)19(2)11-10-14-6-4-3-5-7-14/h3-9,12-13,20H,10-11H2,1-2H3/t13-/m0/s1. The molecule has 0 saturated heterocycles. The molecule has 1 atom stereocenters. The van der Waals surface area contributed by atoms with Crippen LogP contribution in [0.15, 0.2) is 48.5 Å². The summed E-state index contributed by atoms with van der Waals surface area (Å²) in [6.45, 7) is 2.47. The van der Waals surface area contributed by atoms with E-state index >= 15 is 0 Å². The van der Waals surface area contributed by atoms with Crippen LogP contribution in [0.1, 0.15) is 24.2 Å². The van der Waals surface area contributed by atoms with Crippen molar-refractivity contribution in [1.29, 1.82) is 0 Å². The Balaban J connectivity index is 2.11. The molecule has 0 saturated carbocycles. The summed E-state index contributed by atoms with van der Waals surface area (Å²) in [6.07, 6.45) is 0.230. The summed E-state index contributed by atoms with van der Waals surface area (Å²) in [6, 6.07) is 14.8. The predicted molar refractivity (Wildman–Crippen MR) is 80.4 cm³/mol. The van der Waals surface area contributed by atoms with Crippen molar-refractivity contribution in [3.8, 4) is 0 Å². The van der Waals surface area contributed by atoms with E-state index in [0.717, 1.165) is 18.7 Å². The van der Waals surface area contributed by atoms with E-state index < -0.39 is 6.10 Å². The van der Waals surface area contributed by atoms with Crippen LogP contribution in [0.2, 0.25) is 0 Å². The Morgan fingerprint density at radius 1 is 1.15 bits per heavy atom. The van der Waals surface area contributed by atoms with Crippen LogP contribution in [0.3, 0.4) is 0 Å². The Hall–Kier alpha value is -1.87. The van der Waals surface area contributed by atoms with Crippen molar-refractivity contribution in [3.63, 3.8) is 0 Å². The largest absolute Gasteiger partial charge is 0.389 e. The van der Waals surface area contributed by atoms with E-state index in [4.69, 9.17) is 0 Å². The number of rotatable bonds is 5.